The van der Waals surface area contributed by atoms with Crippen molar-refractivity contribution in [1.29, 1.82) is 0 Å². The molecule has 1 aromatic heterocycles. The number of rotatable bonds is 5. The average Bonchev–Trinajstić information content (AvgIpc) is 2.71. The van der Waals surface area contributed by atoms with Crippen LogP contribution >= 0.6 is 11.6 Å². The van der Waals surface area contributed by atoms with E-state index in [2.05, 4.69) is 30.3 Å². The maximum Gasteiger partial charge on any atom is 0.364 e. The zero-order valence-corrected chi connectivity index (χ0v) is 18.0. The third-order valence-electron chi connectivity index (χ3n) is 5.07. The number of para-hydroxylation sites is 1. The van der Waals surface area contributed by atoms with Crippen molar-refractivity contribution in [3.05, 3.63) is 59.2 Å². The predicted molar refractivity (Wildman–Crippen MR) is 104 cm³/mol. The molecule has 3 aromatic rings. The molecular formula is C22H22Cl2O6. The third kappa shape index (κ3) is 5.60. The molecule has 0 spiro atoms. The molecule has 0 bridgehead atoms. The van der Waals surface area contributed by atoms with Crippen LogP contribution in [0.25, 0.3) is 22.3 Å². The number of hydrogen-bond donors (Lipinski definition) is 0. The van der Waals surface area contributed by atoms with Crippen LogP contribution < -0.4 is 23.4 Å². The number of hydrogen-bond acceptors (Lipinski definition) is 5. The summed E-state index contributed by atoms with van der Waals surface area (Å²) in [5.74, 6) is 2.66. The second-order valence-electron chi connectivity index (χ2n) is 6.93. The molecule has 0 saturated heterocycles. The molecular weight excluding hydrogens is 431 g/mol. The molecule has 1 aliphatic rings. The van der Waals surface area contributed by atoms with E-state index in [1.54, 1.807) is 7.11 Å². The van der Waals surface area contributed by atoms with Gasteiger partial charge in [-0.25, -0.2) is 23.1 Å². The van der Waals surface area contributed by atoms with Gasteiger partial charge in [0.25, 0.3) is 0 Å². The summed E-state index contributed by atoms with van der Waals surface area (Å²) < 4.78 is 45.7. The van der Waals surface area contributed by atoms with Gasteiger partial charge < -0.3 is 4.74 Å². The molecule has 1 aliphatic carbocycles. The van der Waals surface area contributed by atoms with Crippen LogP contribution in [0.5, 0.6) is 5.75 Å². The summed E-state index contributed by atoms with van der Waals surface area (Å²) in [6.45, 7) is 0. The molecule has 0 unspecified atom stereocenters. The van der Waals surface area contributed by atoms with E-state index >= 15 is 0 Å². The minimum absolute atomic E-state index is 0.722. The first-order valence-electron chi connectivity index (χ1n) is 9.53. The molecule has 0 amide bonds. The van der Waals surface area contributed by atoms with Crippen LogP contribution in [0.15, 0.2) is 46.9 Å². The standard InChI is InChI=1S/C22H22ClO2.ClHO4/c1-24-16-10-12-17-15(14-16)9-11-20-18(6-4-5-13-23)19-7-2-3-8-21(19)25-22(17)20;2-1(3,4)5/h2-3,7-8,10,12,14H,4-6,9,11,13H2,1H3;(H,2,3,4,5)/q+1;/p-1. The van der Waals surface area contributed by atoms with E-state index in [0.717, 1.165) is 55.1 Å². The Morgan fingerprint density at radius 2 is 1.77 bits per heavy atom. The van der Waals surface area contributed by atoms with Gasteiger partial charge in [-0.05, 0) is 67.5 Å². The SMILES string of the molecule is COc1ccc2c(c1)CCc1c-2[o+]c2ccccc2c1CCCCCl.[O-][Cl+3]([O-])([O-])[O-]. The highest BCUT2D eigenvalue weighted by molar-refractivity contribution is 6.17. The first kappa shape index (κ1) is 22.7. The number of fused-ring (bicyclic) bond motifs is 4. The Hall–Kier alpha value is -1.93. The van der Waals surface area contributed by atoms with Gasteiger partial charge in [-0.1, -0.05) is 12.1 Å². The van der Waals surface area contributed by atoms with Gasteiger partial charge in [0.05, 0.1) is 23.6 Å². The first-order chi connectivity index (χ1) is 14.3. The summed E-state index contributed by atoms with van der Waals surface area (Å²) in [6, 6.07) is 14.7. The van der Waals surface area contributed by atoms with E-state index in [1.165, 1.54) is 27.6 Å². The van der Waals surface area contributed by atoms with E-state index in [0.29, 0.717) is 0 Å². The summed E-state index contributed by atoms with van der Waals surface area (Å²) >= 11 is 5.89. The second kappa shape index (κ2) is 9.92. The molecule has 8 heteroatoms. The van der Waals surface area contributed by atoms with Gasteiger partial charge in [0.1, 0.15) is 5.75 Å². The molecule has 0 N–H and O–H groups in total. The number of unbranched alkanes of at least 4 members (excludes halogenated alkanes) is 1. The molecule has 6 nitrogen and oxygen atoms in total. The predicted octanol–water partition coefficient (Wildman–Crippen LogP) is 1.29. The zero-order valence-electron chi connectivity index (χ0n) is 16.5. The minimum Gasteiger partial charge on any atom is -0.497 e. The van der Waals surface area contributed by atoms with Gasteiger partial charge >= 0.3 is 11.3 Å². The minimum atomic E-state index is -4.94. The summed E-state index contributed by atoms with van der Waals surface area (Å²) in [7, 11) is -3.23. The lowest BCUT2D eigenvalue weighted by atomic mass is 9.85. The van der Waals surface area contributed by atoms with Crippen LogP contribution in [0, 0.1) is 10.2 Å². The topological polar surface area (TPSA) is 113 Å². The van der Waals surface area contributed by atoms with Crippen molar-refractivity contribution in [3.63, 3.8) is 0 Å². The molecule has 0 saturated carbocycles. The maximum absolute atomic E-state index is 8.49. The zero-order chi connectivity index (χ0) is 21.7. The molecule has 30 heavy (non-hydrogen) atoms. The van der Waals surface area contributed by atoms with Gasteiger partial charge in [-0.3, -0.25) is 0 Å². The first-order valence-corrected chi connectivity index (χ1v) is 11.3. The highest BCUT2D eigenvalue weighted by atomic mass is 35.7. The van der Waals surface area contributed by atoms with Gasteiger partial charge in [-0.2, -0.15) is 0 Å². The van der Waals surface area contributed by atoms with Crippen molar-refractivity contribution in [2.24, 2.45) is 0 Å². The quantitative estimate of drug-likeness (QED) is 0.327. The lowest BCUT2D eigenvalue weighted by Crippen LogP contribution is -2.68. The Kier molecular flexibility index (Phi) is 7.52. The maximum atomic E-state index is 8.49. The number of aryl methyl sites for hydroxylation is 2. The summed E-state index contributed by atoms with van der Waals surface area (Å²) in [4.78, 5) is 0. The average molecular weight is 453 g/mol. The Morgan fingerprint density at radius 3 is 2.47 bits per heavy atom. The van der Waals surface area contributed by atoms with E-state index in [9.17, 15) is 0 Å². The van der Waals surface area contributed by atoms with Gasteiger partial charge in [0.2, 0.25) is 0 Å². The Bertz CT molecular complexity index is 1010. The van der Waals surface area contributed by atoms with Crippen molar-refractivity contribution in [2.75, 3.05) is 13.0 Å². The fourth-order valence-corrected chi connectivity index (χ4v) is 4.01. The number of halogens is 2. The molecule has 2 aromatic carbocycles. The smallest absolute Gasteiger partial charge is 0.364 e. The normalized spacial score (nSPS) is 12.6. The van der Waals surface area contributed by atoms with E-state index in [-0.39, 0.29) is 0 Å². The van der Waals surface area contributed by atoms with Crippen LogP contribution in [-0.4, -0.2) is 13.0 Å². The summed E-state index contributed by atoms with van der Waals surface area (Å²) in [5, 5.41) is 1.24. The summed E-state index contributed by atoms with van der Waals surface area (Å²) in [6.07, 6.45) is 5.25. The van der Waals surface area contributed by atoms with Crippen LogP contribution in [0.4, 0.5) is 0 Å². The van der Waals surface area contributed by atoms with Gasteiger partial charge in [0.15, 0.2) is 0 Å². The number of ether oxygens (including phenoxy) is 1. The van der Waals surface area contributed by atoms with Crippen LogP contribution in [-0.2, 0) is 19.3 Å². The largest absolute Gasteiger partial charge is 0.497 e. The number of methoxy groups -OCH3 is 1. The van der Waals surface area contributed by atoms with Crippen molar-refractivity contribution < 1.29 is 38.0 Å². The second-order valence-corrected chi connectivity index (χ2v) is 8.07. The third-order valence-corrected chi connectivity index (χ3v) is 5.34. The fourth-order valence-electron chi connectivity index (χ4n) is 3.82. The highest BCUT2D eigenvalue weighted by Gasteiger charge is 2.31. The number of alkyl halides is 1. The highest BCUT2D eigenvalue weighted by Crippen LogP contribution is 2.40. The number of benzene rings is 2. The van der Waals surface area contributed by atoms with Crippen LogP contribution in [0.2, 0.25) is 0 Å². The van der Waals surface area contributed by atoms with Crippen LogP contribution in [0.1, 0.15) is 29.5 Å². The lowest BCUT2D eigenvalue weighted by Gasteiger charge is -2.17. The van der Waals surface area contributed by atoms with E-state index in [1.807, 2.05) is 12.1 Å². The van der Waals surface area contributed by atoms with Crippen molar-refractivity contribution in [3.8, 4) is 17.1 Å². The van der Waals surface area contributed by atoms with Gasteiger partial charge in [0, 0.05) is 11.9 Å². The monoisotopic (exact) mass is 452 g/mol. The molecule has 0 aliphatic heterocycles. The molecule has 1 heterocycles. The van der Waals surface area contributed by atoms with E-state index < -0.39 is 10.2 Å². The van der Waals surface area contributed by atoms with E-state index in [4.69, 9.17) is 39.4 Å². The Morgan fingerprint density at radius 1 is 1.03 bits per heavy atom. The molecule has 4 rings (SSSR count). The van der Waals surface area contributed by atoms with Crippen LogP contribution in [0.3, 0.4) is 0 Å². The Balaban J connectivity index is 0.000000461. The summed E-state index contributed by atoms with van der Waals surface area (Å²) in [5.41, 5.74) is 6.27. The van der Waals surface area contributed by atoms with Gasteiger partial charge in [-0.15, -0.1) is 21.8 Å². The lowest BCUT2D eigenvalue weighted by molar-refractivity contribution is -2.00. The van der Waals surface area contributed by atoms with Crippen molar-refractivity contribution in [1.82, 2.24) is 0 Å². The van der Waals surface area contributed by atoms with Crippen molar-refractivity contribution in [2.45, 2.75) is 32.1 Å². The Labute approximate surface area is 182 Å². The van der Waals surface area contributed by atoms with Crippen molar-refractivity contribution >= 4 is 22.6 Å². The molecule has 0 atom stereocenters. The fraction of sp³-hybridized carbons (Fsp3) is 0.318. The molecule has 0 fully saturated rings. The molecule has 160 valence electrons. The molecule has 0 radical (unpaired) electrons.